The largest absolute Gasteiger partial charge is 0.350 e. The molecule has 2 aromatic rings. The zero-order chi connectivity index (χ0) is 12.1. The molecule has 1 heterocycles. The Kier molecular flexibility index (Phi) is 2.50. The van der Waals surface area contributed by atoms with Gasteiger partial charge in [0.25, 0.3) is 0 Å². The zero-order valence-electron chi connectivity index (χ0n) is 9.94. The topological polar surface area (TPSA) is 4.93 Å². The smallest absolute Gasteiger partial charge is 0.143 e. The molecule has 0 saturated carbocycles. The Hall–Kier alpha value is -1.02. The third-order valence-electron chi connectivity index (χ3n) is 2.84. The van der Waals surface area contributed by atoms with E-state index in [0.29, 0.717) is 0 Å². The van der Waals surface area contributed by atoms with Gasteiger partial charge in [0.2, 0.25) is 0 Å². The summed E-state index contributed by atoms with van der Waals surface area (Å²) in [4.78, 5) is 0. The minimum atomic E-state index is -0.365. The van der Waals surface area contributed by atoms with E-state index in [1.165, 1.54) is 11.6 Å². The Morgan fingerprint density at radius 2 is 1.88 bits per heavy atom. The minimum Gasteiger partial charge on any atom is -0.350 e. The van der Waals surface area contributed by atoms with Crippen molar-refractivity contribution in [2.24, 2.45) is 7.05 Å². The average Bonchev–Trinajstić information content (AvgIpc) is 2.45. The van der Waals surface area contributed by atoms with Gasteiger partial charge in [-0.3, -0.25) is 0 Å². The number of nitrogens with zero attached hydrogens (tertiary/aromatic N) is 1. The van der Waals surface area contributed by atoms with Crippen LogP contribution in [0.4, 0.5) is 4.39 Å². The maximum atomic E-state index is 13.4. The molecule has 86 valence electrons. The van der Waals surface area contributed by atoms with Gasteiger partial charge in [0.05, 0.1) is 10.5 Å². The van der Waals surface area contributed by atoms with Gasteiger partial charge in [-0.05, 0) is 23.1 Å². The summed E-state index contributed by atoms with van der Waals surface area (Å²) in [5.41, 5.74) is 2.10. The summed E-state index contributed by atoms with van der Waals surface area (Å²) in [6.45, 7) is 6.41. The Bertz CT molecular complexity index is 549. The lowest BCUT2D eigenvalue weighted by Gasteiger charge is -2.17. The molecule has 0 unspecified atom stereocenters. The third-order valence-corrected chi connectivity index (χ3v) is 3.13. The Morgan fingerprint density at radius 1 is 1.25 bits per heavy atom. The van der Waals surface area contributed by atoms with Crippen molar-refractivity contribution >= 4 is 22.5 Å². The quantitative estimate of drug-likeness (QED) is 0.647. The van der Waals surface area contributed by atoms with E-state index in [1.54, 1.807) is 6.07 Å². The second-order valence-electron chi connectivity index (χ2n) is 5.19. The van der Waals surface area contributed by atoms with Crippen LogP contribution in [0, 0.1) is 5.82 Å². The predicted molar refractivity (Wildman–Crippen MR) is 66.6 cm³/mol. The summed E-state index contributed by atoms with van der Waals surface area (Å²) in [5, 5.41) is 1.21. The van der Waals surface area contributed by atoms with E-state index in [-0.39, 0.29) is 16.3 Å². The minimum absolute atomic E-state index is 0.0284. The zero-order valence-corrected chi connectivity index (χ0v) is 10.7. The molecular weight excluding hydrogens is 225 g/mol. The van der Waals surface area contributed by atoms with Gasteiger partial charge in [-0.1, -0.05) is 32.4 Å². The van der Waals surface area contributed by atoms with E-state index in [0.717, 1.165) is 10.9 Å². The fourth-order valence-corrected chi connectivity index (χ4v) is 2.14. The first-order chi connectivity index (χ1) is 7.30. The molecule has 0 radical (unpaired) electrons. The maximum absolute atomic E-state index is 13.4. The molecule has 0 aliphatic heterocycles. The molecule has 2 rings (SSSR count). The van der Waals surface area contributed by atoms with E-state index in [9.17, 15) is 4.39 Å². The van der Waals surface area contributed by atoms with Crippen molar-refractivity contribution in [1.82, 2.24) is 4.57 Å². The highest BCUT2D eigenvalue weighted by Crippen LogP contribution is 2.33. The van der Waals surface area contributed by atoms with Gasteiger partial charge in [0.1, 0.15) is 5.82 Å². The number of aromatic nitrogens is 1. The van der Waals surface area contributed by atoms with Crippen molar-refractivity contribution in [1.29, 1.82) is 0 Å². The molecule has 0 atom stereocenters. The summed E-state index contributed by atoms with van der Waals surface area (Å²) < 4.78 is 15.3. The van der Waals surface area contributed by atoms with Crippen LogP contribution in [0.15, 0.2) is 18.3 Å². The first kappa shape index (κ1) is 11.5. The van der Waals surface area contributed by atoms with Crippen molar-refractivity contribution in [3.8, 4) is 0 Å². The van der Waals surface area contributed by atoms with E-state index >= 15 is 0 Å². The molecule has 1 aromatic carbocycles. The lowest BCUT2D eigenvalue weighted by Crippen LogP contribution is -2.10. The molecule has 16 heavy (non-hydrogen) atoms. The lowest BCUT2D eigenvalue weighted by atomic mass is 9.87. The predicted octanol–water partition coefficient (Wildman–Crippen LogP) is 4.27. The molecule has 0 N–H and O–H groups in total. The number of benzene rings is 1. The highest BCUT2D eigenvalue weighted by molar-refractivity contribution is 6.31. The van der Waals surface area contributed by atoms with E-state index in [4.69, 9.17) is 11.6 Å². The van der Waals surface area contributed by atoms with Crippen LogP contribution in [0.3, 0.4) is 0 Å². The first-order valence-corrected chi connectivity index (χ1v) is 5.63. The van der Waals surface area contributed by atoms with Crippen molar-refractivity contribution in [2.45, 2.75) is 26.2 Å². The first-order valence-electron chi connectivity index (χ1n) is 5.25. The lowest BCUT2D eigenvalue weighted by molar-refractivity contribution is 0.593. The van der Waals surface area contributed by atoms with Gasteiger partial charge in [-0.15, -0.1) is 0 Å². The molecule has 0 fully saturated rings. The van der Waals surface area contributed by atoms with Crippen LogP contribution in [0.25, 0.3) is 10.9 Å². The van der Waals surface area contributed by atoms with Gasteiger partial charge < -0.3 is 4.57 Å². The third kappa shape index (κ3) is 1.71. The molecule has 1 aromatic heterocycles. The van der Waals surface area contributed by atoms with Gasteiger partial charge >= 0.3 is 0 Å². The molecule has 3 heteroatoms. The van der Waals surface area contributed by atoms with Crippen LogP contribution in [0.5, 0.6) is 0 Å². The average molecular weight is 240 g/mol. The van der Waals surface area contributed by atoms with Crippen molar-refractivity contribution in [3.63, 3.8) is 0 Å². The summed E-state index contributed by atoms with van der Waals surface area (Å²) in [7, 11) is 1.92. The van der Waals surface area contributed by atoms with Crippen LogP contribution in [0.1, 0.15) is 26.3 Å². The van der Waals surface area contributed by atoms with Gasteiger partial charge in [-0.2, -0.15) is 0 Å². The maximum Gasteiger partial charge on any atom is 0.143 e. The number of hydrogen-bond acceptors (Lipinski definition) is 0. The summed E-state index contributed by atoms with van der Waals surface area (Å²) in [6, 6.07) is 3.21. The fraction of sp³-hybridized carbons (Fsp3) is 0.385. The highest BCUT2D eigenvalue weighted by Gasteiger charge is 2.20. The Morgan fingerprint density at radius 3 is 2.44 bits per heavy atom. The molecule has 0 amide bonds. The monoisotopic (exact) mass is 239 g/mol. The van der Waals surface area contributed by atoms with Gasteiger partial charge in [0.15, 0.2) is 0 Å². The van der Waals surface area contributed by atoms with Gasteiger partial charge in [0, 0.05) is 18.6 Å². The second kappa shape index (κ2) is 3.49. The number of aryl methyl sites for hydroxylation is 1. The molecule has 0 spiro atoms. The number of rotatable bonds is 0. The summed E-state index contributed by atoms with van der Waals surface area (Å²) in [6.07, 6.45) is 2.04. The Labute approximate surface area is 99.8 Å². The fourth-order valence-electron chi connectivity index (χ4n) is 1.97. The molecular formula is C13H15ClFN. The standard InChI is InChI=1S/C13H15ClFN/c1-13(2,3)9-7-16(4)12-6-11(15)10(14)5-8(9)12/h5-7H,1-4H3. The number of hydrogen-bond donors (Lipinski definition) is 0. The van der Waals surface area contributed by atoms with Crippen molar-refractivity contribution < 1.29 is 4.39 Å². The van der Waals surface area contributed by atoms with Crippen LogP contribution in [0.2, 0.25) is 5.02 Å². The molecule has 1 nitrogen and oxygen atoms in total. The van der Waals surface area contributed by atoms with Crippen LogP contribution in [-0.2, 0) is 12.5 Å². The number of halogens is 2. The van der Waals surface area contributed by atoms with Crippen molar-refractivity contribution in [3.05, 3.63) is 34.7 Å². The molecule has 0 saturated heterocycles. The number of fused-ring (bicyclic) bond motifs is 1. The highest BCUT2D eigenvalue weighted by atomic mass is 35.5. The molecule has 0 aliphatic rings. The van der Waals surface area contributed by atoms with E-state index in [2.05, 4.69) is 20.8 Å². The van der Waals surface area contributed by atoms with E-state index in [1.807, 2.05) is 17.8 Å². The Balaban J connectivity index is 2.84. The normalized spacial score (nSPS) is 12.4. The molecule has 0 aliphatic carbocycles. The van der Waals surface area contributed by atoms with E-state index < -0.39 is 0 Å². The van der Waals surface area contributed by atoms with Crippen LogP contribution in [-0.4, -0.2) is 4.57 Å². The molecule has 0 bridgehead atoms. The summed E-state index contributed by atoms with van der Waals surface area (Å²) in [5.74, 6) is -0.365. The second-order valence-corrected chi connectivity index (χ2v) is 5.59. The SMILES string of the molecule is Cn1cc(C(C)(C)C)c2cc(Cl)c(F)cc21. The van der Waals surface area contributed by atoms with Crippen molar-refractivity contribution in [2.75, 3.05) is 0 Å². The van der Waals surface area contributed by atoms with Crippen LogP contribution < -0.4 is 0 Å². The summed E-state index contributed by atoms with van der Waals surface area (Å²) >= 11 is 5.83. The van der Waals surface area contributed by atoms with Gasteiger partial charge in [-0.25, -0.2) is 4.39 Å². The van der Waals surface area contributed by atoms with Crippen LogP contribution >= 0.6 is 11.6 Å².